The highest BCUT2D eigenvalue weighted by Gasteiger charge is 2.21. The zero-order valence-corrected chi connectivity index (χ0v) is 12.3. The molecule has 106 valence electrons. The standard InChI is InChI=1S/C14H25N5/c1-4-12(2)18-5-7-19(8-6-18)14-16-10-13(9-15-3)11-17-14/h10-12,15H,4-9H2,1-3H3. The van der Waals surface area contributed by atoms with Crippen LogP contribution in [0.15, 0.2) is 12.4 Å². The summed E-state index contributed by atoms with van der Waals surface area (Å²) in [4.78, 5) is 13.8. The Morgan fingerprint density at radius 2 is 1.84 bits per heavy atom. The number of aromatic nitrogens is 2. The molecule has 1 saturated heterocycles. The first-order valence-corrected chi connectivity index (χ1v) is 7.19. The van der Waals surface area contributed by atoms with Gasteiger partial charge in [-0.25, -0.2) is 9.97 Å². The highest BCUT2D eigenvalue weighted by atomic mass is 15.3. The number of rotatable bonds is 5. The van der Waals surface area contributed by atoms with Crippen LogP contribution in [0.5, 0.6) is 0 Å². The minimum Gasteiger partial charge on any atom is -0.338 e. The van der Waals surface area contributed by atoms with Gasteiger partial charge in [0.2, 0.25) is 5.95 Å². The maximum absolute atomic E-state index is 4.47. The quantitative estimate of drug-likeness (QED) is 0.862. The van der Waals surface area contributed by atoms with Crippen molar-refractivity contribution in [3.8, 4) is 0 Å². The third-order valence-electron chi connectivity index (χ3n) is 3.88. The minimum absolute atomic E-state index is 0.682. The summed E-state index contributed by atoms with van der Waals surface area (Å²) in [5, 5.41) is 3.11. The zero-order valence-electron chi connectivity index (χ0n) is 12.3. The van der Waals surface area contributed by atoms with Gasteiger partial charge in [-0.1, -0.05) is 6.92 Å². The molecule has 1 N–H and O–H groups in total. The molecule has 1 aromatic rings. The van der Waals surface area contributed by atoms with E-state index < -0.39 is 0 Å². The maximum Gasteiger partial charge on any atom is 0.225 e. The lowest BCUT2D eigenvalue weighted by atomic mass is 10.2. The van der Waals surface area contributed by atoms with Crippen LogP contribution in [0, 0.1) is 0 Å². The van der Waals surface area contributed by atoms with E-state index in [2.05, 4.69) is 38.9 Å². The van der Waals surface area contributed by atoms with Crippen LogP contribution in [-0.2, 0) is 6.54 Å². The van der Waals surface area contributed by atoms with E-state index in [0.717, 1.165) is 44.2 Å². The molecule has 1 aliphatic heterocycles. The van der Waals surface area contributed by atoms with Gasteiger partial charge < -0.3 is 10.2 Å². The summed E-state index contributed by atoms with van der Waals surface area (Å²) in [5.41, 5.74) is 1.13. The molecule has 0 bridgehead atoms. The Morgan fingerprint density at radius 3 is 2.37 bits per heavy atom. The second-order valence-electron chi connectivity index (χ2n) is 5.20. The average Bonchev–Trinajstić information content (AvgIpc) is 2.48. The fourth-order valence-electron chi connectivity index (χ4n) is 2.43. The Balaban J connectivity index is 1.90. The van der Waals surface area contributed by atoms with Crippen molar-refractivity contribution in [1.82, 2.24) is 20.2 Å². The van der Waals surface area contributed by atoms with Crippen molar-refractivity contribution in [2.75, 3.05) is 38.1 Å². The van der Waals surface area contributed by atoms with E-state index in [0.29, 0.717) is 6.04 Å². The summed E-state index contributed by atoms with van der Waals surface area (Å²) in [6.07, 6.45) is 5.05. The summed E-state index contributed by atoms with van der Waals surface area (Å²) in [6.45, 7) is 9.64. The van der Waals surface area contributed by atoms with Gasteiger partial charge in [0.05, 0.1) is 0 Å². The number of nitrogens with zero attached hydrogens (tertiary/aromatic N) is 4. The molecule has 0 aliphatic carbocycles. The van der Waals surface area contributed by atoms with Crippen LogP contribution in [0.2, 0.25) is 0 Å². The molecule has 2 rings (SSSR count). The predicted octanol–water partition coefficient (Wildman–Crippen LogP) is 1.12. The van der Waals surface area contributed by atoms with Gasteiger partial charge in [-0.05, 0) is 20.4 Å². The number of piperazine rings is 1. The number of anilines is 1. The lowest BCUT2D eigenvalue weighted by Crippen LogP contribution is -2.49. The van der Waals surface area contributed by atoms with E-state index in [1.54, 1.807) is 0 Å². The molecule has 0 radical (unpaired) electrons. The van der Waals surface area contributed by atoms with Crippen molar-refractivity contribution >= 4 is 5.95 Å². The van der Waals surface area contributed by atoms with Crippen molar-refractivity contribution in [3.63, 3.8) is 0 Å². The molecule has 0 amide bonds. The Labute approximate surface area is 116 Å². The van der Waals surface area contributed by atoms with Crippen molar-refractivity contribution in [1.29, 1.82) is 0 Å². The number of hydrogen-bond acceptors (Lipinski definition) is 5. The Morgan fingerprint density at radius 1 is 1.21 bits per heavy atom. The lowest BCUT2D eigenvalue weighted by molar-refractivity contribution is 0.192. The van der Waals surface area contributed by atoms with Gasteiger partial charge in [-0.3, -0.25) is 4.90 Å². The lowest BCUT2D eigenvalue weighted by Gasteiger charge is -2.37. The molecular formula is C14H25N5. The third kappa shape index (κ3) is 3.64. The van der Waals surface area contributed by atoms with Gasteiger partial charge in [0.15, 0.2) is 0 Å². The molecule has 1 unspecified atom stereocenters. The van der Waals surface area contributed by atoms with Crippen molar-refractivity contribution in [3.05, 3.63) is 18.0 Å². The van der Waals surface area contributed by atoms with Crippen LogP contribution < -0.4 is 10.2 Å². The Hall–Kier alpha value is -1.20. The molecule has 1 aliphatic rings. The van der Waals surface area contributed by atoms with Crippen molar-refractivity contribution < 1.29 is 0 Å². The van der Waals surface area contributed by atoms with E-state index in [-0.39, 0.29) is 0 Å². The van der Waals surface area contributed by atoms with Gasteiger partial charge in [0, 0.05) is 56.7 Å². The Kier molecular flexibility index (Phi) is 5.10. The van der Waals surface area contributed by atoms with Crippen LogP contribution in [0.4, 0.5) is 5.95 Å². The first-order valence-electron chi connectivity index (χ1n) is 7.19. The van der Waals surface area contributed by atoms with Crippen molar-refractivity contribution in [2.24, 2.45) is 0 Å². The van der Waals surface area contributed by atoms with Crippen molar-refractivity contribution in [2.45, 2.75) is 32.9 Å². The second-order valence-corrected chi connectivity index (χ2v) is 5.20. The molecule has 1 atom stereocenters. The second kappa shape index (κ2) is 6.82. The first-order chi connectivity index (χ1) is 9.24. The SMILES string of the molecule is CCC(C)N1CCN(c2ncc(CNC)cn2)CC1. The van der Waals surface area contributed by atoms with E-state index in [9.17, 15) is 0 Å². The van der Waals surface area contributed by atoms with Gasteiger partial charge in [-0.15, -0.1) is 0 Å². The van der Waals surface area contributed by atoms with Crippen LogP contribution >= 0.6 is 0 Å². The molecule has 19 heavy (non-hydrogen) atoms. The maximum atomic E-state index is 4.47. The molecule has 0 spiro atoms. The Bertz CT molecular complexity index is 370. The molecule has 2 heterocycles. The molecule has 1 fully saturated rings. The fourth-order valence-corrected chi connectivity index (χ4v) is 2.43. The third-order valence-corrected chi connectivity index (χ3v) is 3.88. The van der Waals surface area contributed by atoms with Crippen LogP contribution in [0.1, 0.15) is 25.8 Å². The van der Waals surface area contributed by atoms with Crippen LogP contribution in [0.25, 0.3) is 0 Å². The largest absolute Gasteiger partial charge is 0.338 e. The van der Waals surface area contributed by atoms with Gasteiger partial charge in [0.25, 0.3) is 0 Å². The van der Waals surface area contributed by atoms with E-state index in [4.69, 9.17) is 0 Å². The molecule has 5 nitrogen and oxygen atoms in total. The van der Waals surface area contributed by atoms with Crippen LogP contribution in [0.3, 0.4) is 0 Å². The summed E-state index contributed by atoms with van der Waals surface area (Å²) in [6, 6.07) is 0.682. The average molecular weight is 263 g/mol. The normalized spacial score (nSPS) is 18.6. The van der Waals surface area contributed by atoms with Gasteiger partial charge >= 0.3 is 0 Å². The molecular weight excluding hydrogens is 238 g/mol. The number of nitrogens with one attached hydrogen (secondary N) is 1. The monoisotopic (exact) mass is 263 g/mol. The van der Waals surface area contributed by atoms with E-state index >= 15 is 0 Å². The summed E-state index contributed by atoms with van der Waals surface area (Å²) < 4.78 is 0. The molecule has 0 saturated carbocycles. The zero-order chi connectivity index (χ0) is 13.7. The minimum atomic E-state index is 0.682. The van der Waals surface area contributed by atoms with E-state index in [1.165, 1.54) is 6.42 Å². The predicted molar refractivity (Wildman–Crippen MR) is 78.3 cm³/mol. The first kappa shape index (κ1) is 14.2. The highest BCUT2D eigenvalue weighted by Crippen LogP contribution is 2.13. The fraction of sp³-hybridized carbons (Fsp3) is 0.714. The highest BCUT2D eigenvalue weighted by molar-refractivity contribution is 5.30. The van der Waals surface area contributed by atoms with Gasteiger partial charge in [-0.2, -0.15) is 0 Å². The summed E-state index contributed by atoms with van der Waals surface area (Å²) in [7, 11) is 1.93. The van der Waals surface area contributed by atoms with Gasteiger partial charge in [0.1, 0.15) is 0 Å². The smallest absolute Gasteiger partial charge is 0.225 e. The topological polar surface area (TPSA) is 44.3 Å². The molecule has 5 heteroatoms. The van der Waals surface area contributed by atoms with Crippen LogP contribution in [-0.4, -0.2) is 54.1 Å². The molecule has 1 aromatic heterocycles. The summed E-state index contributed by atoms with van der Waals surface area (Å²) >= 11 is 0. The summed E-state index contributed by atoms with van der Waals surface area (Å²) in [5.74, 6) is 0.864. The van der Waals surface area contributed by atoms with E-state index in [1.807, 2.05) is 19.4 Å². The number of hydrogen-bond donors (Lipinski definition) is 1. The molecule has 0 aromatic carbocycles.